The lowest BCUT2D eigenvalue weighted by Gasteiger charge is -2.29. The molecule has 6 nitrogen and oxygen atoms in total. The van der Waals surface area contributed by atoms with Gasteiger partial charge in [0.05, 0.1) is 10.9 Å². The van der Waals surface area contributed by atoms with E-state index in [-0.39, 0.29) is 17.5 Å². The Labute approximate surface area is 159 Å². The van der Waals surface area contributed by atoms with Crippen molar-refractivity contribution in [2.45, 2.75) is 57.5 Å². The van der Waals surface area contributed by atoms with Crippen LogP contribution in [0.15, 0.2) is 23.0 Å². The van der Waals surface area contributed by atoms with Crippen LogP contribution in [0.25, 0.3) is 10.9 Å². The molecule has 3 heterocycles. The van der Waals surface area contributed by atoms with Crippen LogP contribution in [0.4, 0.5) is 0 Å². The van der Waals surface area contributed by atoms with Crippen molar-refractivity contribution in [3.05, 3.63) is 39.9 Å². The molecule has 1 fully saturated rings. The Morgan fingerprint density at radius 2 is 1.89 bits per heavy atom. The lowest BCUT2D eigenvalue weighted by atomic mass is 10.0. The average Bonchev–Trinajstić information content (AvgIpc) is 2.65. The molecule has 0 bridgehead atoms. The molecule has 0 spiro atoms. The maximum atomic E-state index is 12.9. The molecular weight excluding hydrogens is 340 g/mol. The van der Waals surface area contributed by atoms with E-state index in [0.29, 0.717) is 16.5 Å². The summed E-state index contributed by atoms with van der Waals surface area (Å²) in [7, 11) is 2.11. The lowest BCUT2D eigenvalue weighted by molar-refractivity contribution is 0.0917. The molecule has 0 atom stereocenters. The van der Waals surface area contributed by atoms with Gasteiger partial charge in [-0.3, -0.25) is 14.2 Å². The third-order valence-electron chi connectivity index (χ3n) is 5.88. The van der Waals surface area contributed by atoms with Gasteiger partial charge in [-0.05, 0) is 64.0 Å². The molecule has 0 saturated carbocycles. The van der Waals surface area contributed by atoms with E-state index in [1.807, 2.05) is 4.57 Å². The molecule has 4 rings (SSSR count). The fourth-order valence-electron chi connectivity index (χ4n) is 4.16. The maximum Gasteiger partial charge on any atom is 0.261 e. The van der Waals surface area contributed by atoms with Crippen LogP contribution >= 0.6 is 0 Å². The Bertz CT molecular complexity index is 897. The van der Waals surface area contributed by atoms with Crippen molar-refractivity contribution >= 4 is 16.8 Å². The van der Waals surface area contributed by atoms with Crippen LogP contribution in [0.3, 0.4) is 0 Å². The second-order valence-corrected chi connectivity index (χ2v) is 7.93. The fraction of sp³-hybridized carbons (Fsp3) is 0.571. The highest BCUT2D eigenvalue weighted by molar-refractivity contribution is 5.97. The Morgan fingerprint density at radius 3 is 2.70 bits per heavy atom. The summed E-state index contributed by atoms with van der Waals surface area (Å²) in [5.41, 5.74) is 1.26. The van der Waals surface area contributed by atoms with E-state index in [1.54, 1.807) is 18.2 Å². The molecule has 2 aliphatic rings. The first-order chi connectivity index (χ1) is 13.1. The van der Waals surface area contributed by atoms with Crippen molar-refractivity contribution in [3.8, 4) is 0 Å². The van der Waals surface area contributed by atoms with Crippen LogP contribution in [0.5, 0.6) is 0 Å². The molecule has 0 unspecified atom stereocenters. The van der Waals surface area contributed by atoms with E-state index in [1.165, 1.54) is 12.8 Å². The standard InChI is InChI=1S/C21H28N4O2/c1-24-12-9-16(10-13-24)22-20(26)15-7-8-17-18(14-15)23-19-6-4-2-3-5-11-25(19)21(17)27/h7-8,14,16H,2-6,9-13H2,1H3,(H,22,26). The Hall–Kier alpha value is -2.21. The molecule has 27 heavy (non-hydrogen) atoms. The van der Waals surface area contributed by atoms with E-state index in [2.05, 4.69) is 17.3 Å². The average molecular weight is 368 g/mol. The zero-order chi connectivity index (χ0) is 18.8. The Kier molecular flexibility index (Phi) is 5.25. The largest absolute Gasteiger partial charge is 0.349 e. The number of nitrogens with zero attached hydrogens (tertiary/aromatic N) is 3. The molecule has 1 saturated heterocycles. The van der Waals surface area contributed by atoms with Crippen LogP contribution in [0.2, 0.25) is 0 Å². The maximum absolute atomic E-state index is 12.9. The molecule has 0 radical (unpaired) electrons. The number of likely N-dealkylation sites (tertiary alicyclic amines) is 1. The number of hydrogen-bond acceptors (Lipinski definition) is 4. The number of nitrogens with one attached hydrogen (secondary N) is 1. The van der Waals surface area contributed by atoms with Gasteiger partial charge in [0.1, 0.15) is 5.82 Å². The van der Waals surface area contributed by atoms with Crippen molar-refractivity contribution in [2.24, 2.45) is 0 Å². The number of amides is 1. The van der Waals surface area contributed by atoms with Crippen molar-refractivity contribution in [1.29, 1.82) is 0 Å². The van der Waals surface area contributed by atoms with Crippen molar-refractivity contribution < 1.29 is 4.79 Å². The van der Waals surface area contributed by atoms with Gasteiger partial charge < -0.3 is 10.2 Å². The minimum Gasteiger partial charge on any atom is -0.349 e. The second-order valence-electron chi connectivity index (χ2n) is 7.93. The Balaban J connectivity index is 1.60. The van der Waals surface area contributed by atoms with Gasteiger partial charge in [-0.2, -0.15) is 0 Å². The summed E-state index contributed by atoms with van der Waals surface area (Å²) in [6.45, 7) is 2.76. The monoisotopic (exact) mass is 368 g/mol. The smallest absolute Gasteiger partial charge is 0.261 e. The van der Waals surface area contributed by atoms with E-state index in [4.69, 9.17) is 4.98 Å². The minimum absolute atomic E-state index is 0.0270. The number of hydrogen-bond donors (Lipinski definition) is 1. The minimum atomic E-state index is -0.0694. The molecule has 0 aliphatic carbocycles. The van der Waals surface area contributed by atoms with Gasteiger partial charge >= 0.3 is 0 Å². The molecule has 1 aromatic heterocycles. The fourth-order valence-corrected chi connectivity index (χ4v) is 4.16. The molecule has 1 amide bonds. The van der Waals surface area contributed by atoms with Gasteiger partial charge in [-0.25, -0.2) is 4.98 Å². The summed E-state index contributed by atoms with van der Waals surface area (Å²) in [5, 5.41) is 3.75. The van der Waals surface area contributed by atoms with Gasteiger partial charge in [0, 0.05) is 24.6 Å². The molecule has 1 aromatic carbocycles. The highest BCUT2D eigenvalue weighted by Crippen LogP contribution is 2.17. The summed E-state index contributed by atoms with van der Waals surface area (Å²) in [5.74, 6) is 0.792. The van der Waals surface area contributed by atoms with E-state index >= 15 is 0 Å². The predicted octanol–water partition coefficient (Wildman–Crippen LogP) is 2.34. The molecule has 2 aliphatic heterocycles. The Morgan fingerprint density at radius 1 is 1.11 bits per heavy atom. The highest BCUT2D eigenvalue weighted by Gasteiger charge is 2.20. The third kappa shape index (κ3) is 3.90. The predicted molar refractivity (Wildman–Crippen MR) is 106 cm³/mol. The zero-order valence-electron chi connectivity index (χ0n) is 16.0. The number of aromatic nitrogens is 2. The van der Waals surface area contributed by atoms with E-state index < -0.39 is 0 Å². The first-order valence-corrected chi connectivity index (χ1v) is 10.1. The zero-order valence-corrected chi connectivity index (χ0v) is 16.0. The molecule has 144 valence electrons. The van der Waals surface area contributed by atoms with Crippen LogP contribution in [-0.4, -0.2) is 46.5 Å². The van der Waals surface area contributed by atoms with Crippen LogP contribution < -0.4 is 10.9 Å². The number of carbonyl (C=O) groups excluding carboxylic acids is 1. The normalized spacial score (nSPS) is 19.3. The van der Waals surface area contributed by atoms with Crippen molar-refractivity contribution in [2.75, 3.05) is 20.1 Å². The first-order valence-electron chi connectivity index (χ1n) is 10.1. The van der Waals surface area contributed by atoms with Gasteiger partial charge in [0.25, 0.3) is 11.5 Å². The summed E-state index contributed by atoms with van der Waals surface area (Å²) in [4.78, 5) is 32.6. The quantitative estimate of drug-likeness (QED) is 0.884. The van der Waals surface area contributed by atoms with Gasteiger partial charge in [-0.1, -0.05) is 12.8 Å². The summed E-state index contributed by atoms with van der Waals surface area (Å²) in [6, 6.07) is 5.52. The number of fused-ring (bicyclic) bond motifs is 2. The lowest BCUT2D eigenvalue weighted by Crippen LogP contribution is -2.43. The van der Waals surface area contributed by atoms with Crippen molar-refractivity contribution in [3.63, 3.8) is 0 Å². The first kappa shape index (κ1) is 18.2. The van der Waals surface area contributed by atoms with Crippen LogP contribution in [-0.2, 0) is 13.0 Å². The summed E-state index contributed by atoms with van der Waals surface area (Å²) < 4.78 is 1.83. The number of piperidine rings is 1. The van der Waals surface area contributed by atoms with E-state index in [9.17, 15) is 9.59 Å². The highest BCUT2D eigenvalue weighted by atomic mass is 16.1. The van der Waals surface area contributed by atoms with Gasteiger partial charge in [-0.15, -0.1) is 0 Å². The molecular formula is C21H28N4O2. The SMILES string of the molecule is CN1CCC(NC(=O)c2ccc3c(=O)n4c(nc3c2)CCCCCC4)CC1. The van der Waals surface area contributed by atoms with Crippen LogP contribution in [0.1, 0.15) is 54.7 Å². The molecule has 1 N–H and O–H groups in total. The van der Waals surface area contributed by atoms with Crippen LogP contribution in [0, 0.1) is 0 Å². The number of rotatable bonds is 2. The number of benzene rings is 1. The van der Waals surface area contributed by atoms with Gasteiger partial charge in [0.2, 0.25) is 0 Å². The second kappa shape index (κ2) is 7.80. The summed E-state index contributed by atoms with van der Waals surface area (Å²) in [6.07, 6.45) is 7.22. The summed E-state index contributed by atoms with van der Waals surface area (Å²) >= 11 is 0. The number of aryl methyl sites for hydroxylation is 1. The molecule has 2 aromatic rings. The van der Waals surface area contributed by atoms with E-state index in [0.717, 1.165) is 57.6 Å². The number of carbonyl (C=O) groups is 1. The topological polar surface area (TPSA) is 67.2 Å². The molecule has 6 heteroatoms. The van der Waals surface area contributed by atoms with Gasteiger partial charge in [0.15, 0.2) is 0 Å². The third-order valence-corrected chi connectivity index (χ3v) is 5.88. The van der Waals surface area contributed by atoms with Crippen molar-refractivity contribution in [1.82, 2.24) is 19.8 Å².